The lowest BCUT2D eigenvalue weighted by atomic mass is 10.2. The molecule has 0 aromatic heterocycles. The molecule has 0 aliphatic heterocycles. The molecule has 0 saturated carbocycles. The normalized spacial score (nSPS) is 10.4. The van der Waals surface area contributed by atoms with Crippen molar-refractivity contribution in [3.8, 4) is 11.5 Å². The van der Waals surface area contributed by atoms with Crippen LogP contribution in [0, 0.1) is 5.92 Å². The molecule has 0 fully saturated rings. The van der Waals surface area contributed by atoms with Gasteiger partial charge in [-0.3, -0.25) is 4.79 Å². The average molecular weight is 404 g/mol. The third-order valence-corrected chi connectivity index (χ3v) is 3.87. The van der Waals surface area contributed by atoms with Crippen molar-refractivity contribution in [1.29, 1.82) is 0 Å². The third kappa shape index (κ3) is 5.94. The van der Waals surface area contributed by atoms with Gasteiger partial charge in [-0.05, 0) is 64.3 Å². The van der Waals surface area contributed by atoms with E-state index in [1.54, 1.807) is 48.5 Å². The maximum Gasteiger partial charge on any atom is 0.255 e. The maximum absolute atomic E-state index is 12.4. The Hall–Kier alpha value is -2.27. The number of benzene rings is 2. The van der Waals surface area contributed by atoms with Gasteiger partial charge >= 0.3 is 0 Å². The Labute approximate surface area is 157 Å². The second kappa shape index (κ2) is 9.28. The van der Waals surface area contributed by atoms with E-state index in [-0.39, 0.29) is 5.91 Å². The number of anilines is 1. The lowest BCUT2D eigenvalue weighted by Crippen LogP contribution is -2.12. The Morgan fingerprint density at radius 2 is 1.92 bits per heavy atom. The molecule has 0 saturated heterocycles. The molecule has 4 nitrogen and oxygen atoms in total. The quantitative estimate of drug-likeness (QED) is 0.608. The van der Waals surface area contributed by atoms with Crippen LogP contribution in [0.4, 0.5) is 5.69 Å². The van der Waals surface area contributed by atoms with E-state index in [2.05, 4.69) is 41.7 Å². The number of carbonyl (C=O) groups is 1. The molecule has 0 atom stereocenters. The van der Waals surface area contributed by atoms with Crippen LogP contribution in [-0.2, 0) is 0 Å². The second-order valence-electron chi connectivity index (χ2n) is 5.93. The number of hydrogen-bond donors (Lipinski definition) is 1. The summed E-state index contributed by atoms with van der Waals surface area (Å²) in [4.78, 5) is 12.4. The first kappa shape index (κ1) is 19.1. The number of hydrogen-bond acceptors (Lipinski definition) is 3. The predicted octanol–water partition coefficient (Wildman–Crippen LogP) is 5.30. The summed E-state index contributed by atoms with van der Waals surface area (Å²) in [5.74, 6) is 1.71. The highest BCUT2D eigenvalue weighted by atomic mass is 79.9. The van der Waals surface area contributed by atoms with Crippen LogP contribution in [0.3, 0.4) is 0 Å². The highest BCUT2D eigenvalue weighted by Gasteiger charge is 2.10. The molecule has 0 radical (unpaired) electrons. The Morgan fingerprint density at radius 3 is 2.52 bits per heavy atom. The monoisotopic (exact) mass is 403 g/mol. The largest absolute Gasteiger partial charge is 0.492 e. The highest BCUT2D eigenvalue weighted by molar-refractivity contribution is 9.10. The van der Waals surface area contributed by atoms with E-state index in [0.29, 0.717) is 30.4 Å². The third-order valence-electron chi connectivity index (χ3n) is 3.25. The summed E-state index contributed by atoms with van der Waals surface area (Å²) < 4.78 is 11.9. The van der Waals surface area contributed by atoms with Crippen LogP contribution in [0.25, 0.3) is 0 Å². The Bertz CT molecular complexity index is 726. The Kier molecular flexibility index (Phi) is 7.07. The van der Waals surface area contributed by atoms with Crippen LogP contribution in [0.2, 0.25) is 0 Å². The molecule has 0 bridgehead atoms. The van der Waals surface area contributed by atoms with Gasteiger partial charge in [-0.15, -0.1) is 0 Å². The smallest absolute Gasteiger partial charge is 0.255 e. The zero-order valence-electron chi connectivity index (χ0n) is 14.4. The molecule has 2 rings (SSSR count). The van der Waals surface area contributed by atoms with Gasteiger partial charge in [0.15, 0.2) is 0 Å². The van der Waals surface area contributed by atoms with Crippen molar-refractivity contribution in [3.63, 3.8) is 0 Å². The molecule has 1 amide bonds. The fourth-order valence-electron chi connectivity index (χ4n) is 2.01. The predicted molar refractivity (Wildman–Crippen MR) is 105 cm³/mol. The van der Waals surface area contributed by atoms with Crippen molar-refractivity contribution in [3.05, 3.63) is 65.2 Å². The molecule has 0 unspecified atom stereocenters. The fraction of sp³-hybridized carbons (Fsp3) is 0.250. The van der Waals surface area contributed by atoms with Crippen molar-refractivity contribution in [1.82, 2.24) is 0 Å². The zero-order chi connectivity index (χ0) is 18.2. The van der Waals surface area contributed by atoms with Gasteiger partial charge in [0.2, 0.25) is 0 Å². The molecular formula is C20H22BrNO3. The van der Waals surface area contributed by atoms with Crippen LogP contribution in [0.5, 0.6) is 11.5 Å². The van der Waals surface area contributed by atoms with E-state index in [1.807, 2.05) is 0 Å². The van der Waals surface area contributed by atoms with E-state index >= 15 is 0 Å². The van der Waals surface area contributed by atoms with Crippen LogP contribution in [0.1, 0.15) is 24.2 Å². The second-order valence-corrected chi connectivity index (χ2v) is 6.78. The fourth-order valence-corrected chi connectivity index (χ4v) is 2.50. The molecule has 0 spiro atoms. The summed E-state index contributed by atoms with van der Waals surface area (Å²) in [7, 11) is 0. The molecule has 2 aromatic carbocycles. The molecule has 5 heteroatoms. The molecule has 25 heavy (non-hydrogen) atoms. The summed E-state index contributed by atoms with van der Waals surface area (Å²) >= 11 is 3.45. The summed E-state index contributed by atoms with van der Waals surface area (Å²) in [5, 5.41) is 2.86. The minimum atomic E-state index is -0.184. The van der Waals surface area contributed by atoms with E-state index in [1.165, 1.54) is 0 Å². The van der Waals surface area contributed by atoms with E-state index in [4.69, 9.17) is 9.47 Å². The summed E-state index contributed by atoms with van der Waals surface area (Å²) in [6.45, 7) is 8.86. The standard InChI is InChI=1S/C20H22BrNO3/c1-4-11-24-17-8-6-16(7-9-17)22-20(23)15-5-10-19(18(21)12-15)25-13-14(2)3/h4-10,12,14H,1,11,13H2,2-3H3,(H,22,23). The minimum absolute atomic E-state index is 0.184. The van der Waals surface area contributed by atoms with Gasteiger partial charge in [-0.1, -0.05) is 26.5 Å². The zero-order valence-corrected chi connectivity index (χ0v) is 16.0. The average Bonchev–Trinajstić information content (AvgIpc) is 2.59. The number of nitrogens with one attached hydrogen (secondary N) is 1. The maximum atomic E-state index is 12.4. The number of ether oxygens (including phenoxy) is 2. The number of amides is 1. The van der Waals surface area contributed by atoms with Crippen LogP contribution in [-0.4, -0.2) is 19.1 Å². The van der Waals surface area contributed by atoms with Crippen LogP contribution >= 0.6 is 15.9 Å². The summed E-state index contributed by atoms with van der Waals surface area (Å²) in [5.41, 5.74) is 1.25. The van der Waals surface area contributed by atoms with Crippen molar-refractivity contribution in [2.75, 3.05) is 18.5 Å². The van der Waals surface area contributed by atoms with Gasteiger partial charge in [-0.2, -0.15) is 0 Å². The Morgan fingerprint density at radius 1 is 1.20 bits per heavy atom. The molecule has 0 heterocycles. The SMILES string of the molecule is C=CCOc1ccc(NC(=O)c2ccc(OCC(C)C)c(Br)c2)cc1. The topological polar surface area (TPSA) is 47.6 Å². The van der Waals surface area contributed by atoms with E-state index in [9.17, 15) is 4.79 Å². The van der Waals surface area contributed by atoms with Crippen LogP contribution in [0.15, 0.2) is 59.6 Å². The number of halogens is 1. The van der Waals surface area contributed by atoms with Crippen molar-refractivity contribution in [2.24, 2.45) is 5.92 Å². The molecule has 1 N–H and O–H groups in total. The van der Waals surface area contributed by atoms with Gasteiger partial charge in [0, 0.05) is 11.3 Å². The van der Waals surface area contributed by atoms with Gasteiger partial charge in [0.25, 0.3) is 5.91 Å². The first-order valence-electron chi connectivity index (χ1n) is 8.07. The van der Waals surface area contributed by atoms with Crippen LogP contribution < -0.4 is 14.8 Å². The summed E-state index contributed by atoms with van der Waals surface area (Å²) in [6.07, 6.45) is 1.68. The highest BCUT2D eigenvalue weighted by Crippen LogP contribution is 2.27. The van der Waals surface area contributed by atoms with Crippen molar-refractivity contribution < 1.29 is 14.3 Å². The van der Waals surface area contributed by atoms with Gasteiger partial charge in [0.1, 0.15) is 18.1 Å². The lowest BCUT2D eigenvalue weighted by Gasteiger charge is -2.12. The number of rotatable bonds is 8. The molecule has 0 aliphatic carbocycles. The number of carbonyl (C=O) groups excluding carboxylic acids is 1. The van der Waals surface area contributed by atoms with Gasteiger partial charge in [0.05, 0.1) is 11.1 Å². The summed E-state index contributed by atoms with van der Waals surface area (Å²) in [6, 6.07) is 12.5. The first-order valence-corrected chi connectivity index (χ1v) is 8.86. The van der Waals surface area contributed by atoms with Gasteiger partial charge in [-0.25, -0.2) is 0 Å². The lowest BCUT2D eigenvalue weighted by molar-refractivity contribution is 0.102. The van der Waals surface area contributed by atoms with Gasteiger partial charge < -0.3 is 14.8 Å². The first-order chi connectivity index (χ1) is 12.0. The molecule has 0 aliphatic rings. The van der Waals surface area contributed by atoms with Crippen molar-refractivity contribution >= 4 is 27.5 Å². The molecule has 2 aromatic rings. The van der Waals surface area contributed by atoms with Crippen molar-refractivity contribution in [2.45, 2.75) is 13.8 Å². The minimum Gasteiger partial charge on any atom is -0.492 e. The molecule has 132 valence electrons. The van der Waals surface area contributed by atoms with E-state index < -0.39 is 0 Å². The van der Waals surface area contributed by atoms with E-state index in [0.717, 1.165) is 16.0 Å². The molecular weight excluding hydrogens is 382 g/mol. The Balaban J connectivity index is 2.00.